The number of piperidine rings is 3. The molecule has 2 saturated carbocycles. The van der Waals surface area contributed by atoms with E-state index in [1.165, 1.54) is 12.1 Å². The average molecular weight is 1020 g/mol. The van der Waals surface area contributed by atoms with Crippen LogP contribution in [0.5, 0.6) is 0 Å². The third kappa shape index (κ3) is 11.4. The number of nitrogens with one attached hydrogen (secondary N) is 2. The van der Waals surface area contributed by atoms with Crippen molar-refractivity contribution in [2.45, 2.75) is 121 Å². The van der Waals surface area contributed by atoms with Gasteiger partial charge in [-0.25, -0.2) is 13.9 Å². The molecule has 10 rings (SSSR count). The molecule has 1 aromatic heterocycles. The van der Waals surface area contributed by atoms with Crippen molar-refractivity contribution in [3.05, 3.63) is 111 Å². The van der Waals surface area contributed by atoms with Crippen molar-refractivity contribution in [1.82, 2.24) is 40.0 Å². The molecule has 15 nitrogen and oxygen atoms in total. The molecule has 5 amide bonds. The molecular weight excluding hydrogens is 947 g/mol. The lowest BCUT2D eigenvalue weighted by molar-refractivity contribution is -0.140. The highest BCUT2D eigenvalue weighted by Crippen LogP contribution is 2.47. The molecule has 0 radical (unpaired) electrons. The van der Waals surface area contributed by atoms with Crippen LogP contribution in [-0.4, -0.2) is 154 Å². The minimum Gasteiger partial charge on any atom is -0.375 e. The fraction of sp³-hybridized carbons (Fsp3) is 0.561. The Morgan fingerprint density at radius 2 is 1.42 bits per heavy atom. The van der Waals surface area contributed by atoms with Gasteiger partial charge in [-0.2, -0.15) is 5.10 Å². The van der Waals surface area contributed by atoms with Gasteiger partial charge in [-0.3, -0.25) is 33.7 Å². The summed E-state index contributed by atoms with van der Waals surface area (Å²) in [4.78, 5) is 90.1. The van der Waals surface area contributed by atoms with E-state index in [1.807, 2.05) is 28.9 Å². The van der Waals surface area contributed by atoms with E-state index in [9.17, 15) is 28.8 Å². The maximum atomic E-state index is 16.4. The number of aromatic nitrogens is 2. The van der Waals surface area contributed by atoms with Gasteiger partial charge in [0.2, 0.25) is 17.7 Å². The van der Waals surface area contributed by atoms with Gasteiger partial charge >= 0.3 is 0 Å². The second-order valence-corrected chi connectivity index (χ2v) is 22.1. The zero-order chi connectivity index (χ0) is 51.5. The SMILES string of the molecule is CC1(C(=O)N2CCCC(c3cccc(C(=O)N[C@@H](C(=O)N4CCC(OC5CCN(CC(=O)N6CCN(C(=O)c7cc(Cc8n[nH]c(=O)c9ccccc89)ccc7F)CC6)CC5)CC4)C4CCCCC4)c3F)C2)CC1. The minimum atomic E-state index is -0.752. The van der Waals surface area contributed by atoms with Crippen LogP contribution in [0.4, 0.5) is 8.78 Å². The summed E-state index contributed by atoms with van der Waals surface area (Å²) in [6.45, 7) is 7.07. The summed E-state index contributed by atoms with van der Waals surface area (Å²) in [6, 6.07) is 15.8. The van der Waals surface area contributed by atoms with Crippen molar-refractivity contribution in [3.63, 3.8) is 0 Å². The first-order chi connectivity index (χ1) is 35.8. The van der Waals surface area contributed by atoms with Crippen LogP contribution < -0.4 is 10.9 Å². The lowest BCUT2D eigenvalue weighted by Gasteiger charge is -2.40. The van der Waals surface area contributed by atoms with Gasteiger partial charge < -0.3 is 29.7 Å². The van der Waals surface area contributed by atoms with Crippen molar-refractivity contribution < 1.29 is 37.5 Å². The second kappa shape index (κ2) is 22.4. The summed E-state index contributed by atoms with van der Waals surface area (Å²) in [5.74, 6) is -2.41. The predicted molar refractivity (Wildman–Crippen MR) is 274 cm³/mol. The molecule has 5 heterocycles. The lowest BCUT2D eigenvalue weighted by Crippen LogP contribution is -2.55. The highest BCUT2D eigenvalue weighted by atomic mass is 19.1. The average Bonchev–Trinajstić information content (AvgIpc) is 4.19. The number of carbonyl (C=O) groups excluding carboxylic acids is 5. The fourth-order valence-corrected chi connectivity index (χ4v) is 12.2. The molecule has 0 bridgehead atoms. The monoisotopic (exact) mass is 1020 g/mol. The number of ether oxygens (including phenoxy) is 1. The Labute approximate surface area is 431 Å². The molecule has 2 aliphatic carbocycles. The summed E-state index contributed by atoms with van der Waals surface area (Å²) >= 11 is 0. The Hall–Kier alpha value is -6.07. The topological polar surface area (TPSA) is 169 Å². The first-order valence-electron chi connectivity index (χ1n) is 27.2. The number of rotatable bonds is 13. The number of fused-ring (bicyclic) bond motifs is 1. The van der Waals surface area contributed by atoms with Crippen LogP contribution in [0, 0.1) is 23.0 Å². The van der Waals surface area contributed by atoms with Gasteiger partial charge in [0.1, 0.15) is 17.7 Å². The van der Waals surface area contributed by atoms with Gasteiger partial charge in [-0.05, 0) is 106 Å². The van der Waals surface area contributed by atoms with Crippen LogP contribution >= 0.6 is 0 Å². The number of nitrogens with zero attached hydrogens (tertiary/aromatic N) is 6. The predicted octanol–water partition coefficient (Wildman–Crippen LogP) is 6.43. The van der Waals surface area contributed by atoms with E-state index in [1.54, 1.807) is 46.2 Å². The standard InChI is InChI=1S/C57H70F2N8O7/c1-57(22-23-57)56(73)67-24-8-11-39(35-67)42-14-7-15-45(50(42)59)52(69)60-51(38-9-3-2-4-10-38)55(72)65-27-20-41(21-28-65)74-40-18-25-63(26-19-40)36-49(68)64-29-31-66(32-30-64)54(71)46-33-37(16-17-47(46)58)34-48-43-12-5-6-13-44(43)53(70)62-61-48/h5-7,12-17,33,38-41,51H,2-4,8-11,18-32,34-36H2,1H3,(H,60,69)(H,62,70)/t39?,51-/m1/s1. The molecule has 394 valence electrons. The fourth-order valence-electron chi connectivity index (χ4n) is 12.2. The number of amides is 5. The Morgan fingerprint density at radius 1 is 0.730 bits per heavy atom. The molecule has 2 N–H and O–H groups in total. The van der Waals surface area contributed by atoms with Gasteiger partial charge in [0.25, 0.3) is 17.4 Å². The van der Waals surface area contributed by atoms with Gasteiger partial charge in [-0.1, -0.05) is 62.6 Å². The van der Waals surface area contributed by atoms with E-state index in [-0.39, 0.29) is 83.5 Å². The Kier molecular flexibility index (Phi) is 15.6. The summed E-state index contributed by atoms with van der Waals surface area (Å²) in [5, 5.41) is 11.0. The first kappa shape index (κ1) is 51.4. The molecule has 4 saturated heterocycles. The van der Waals surface area contributed by atoms with Crippen LogP contribution in [0.15, 0.2) is 65.5 Å². The van der Waals surface area contributed by atoms with Crippen molar-refractivity contribution in [3.8, 4) is 0 Å². The number of aromatic amines is 1. The van der Waals surface area contributed by atoms with Gasteiger partial charge in [0, 0.05) is 88.6 Å². The van der Waals surface area contributed by atoms with Gasteiger partial charge in [0.05, 0.1) is 41.0 Å². The zero-order valence-corrected chi connectivity index (χ0v) is 42.6. The number of halogens is 2. The summed E-state index contributed by atoms with van der Waals surface area (Å²) in [6.07, 6.45) is 11.2. The molecule has 0 spiro atoms. The van der Waals surface area contributed by atoms with E-state index < -0.39 is 29.5 Å². The van der Waals surface area contributed by atoms with Crippen molar-refractivity contribution in [1.29, 1.82) is 0 Å². The third-order valence-electron chi connectivity index (χ3n) is 17.0. The van der Waals surface area contributed by atoms with Crippen LogP contribution in [0.1, 0.15) is 134 Å². The maximum Gasteiger partial charge on any atom is 0.272 e. The van der Waals surface area contributed by atoms with Crippen LogP contribution in [-0.2, 0) is 25.5 Å². The van der Waals surface area contributed by atoms with E-state index in [0.717, 1.165) is 70.6 Å². The lowest BCUT2D eigenvalue weighted by atomic mass is 9.83. The Balaban J connectivity index is 0.665. The van der Waals surface area contributed by atoms with Crippen molar-refractivity contribution in [2.75, 3.05) is 72.0 Å². The summed E-state index contributed by atoms with van der Waals surface area (Å²) in [7, 11) is 0. The molecule has 6 aliphatic rings. The van der Waals surface area contributed by atoms with E-state index >= 15 is 8.78 Å². The molecule has 2 atom stereocenters. The van der Waals surface area contributed by atoms with Crippen molar-refractivity contribution in [2.24, 2.45) is 11.3 Å². The minimum absolute atomic E-state index is 0.00753. The maximum absolute atomic E-state index is 16.4. The van der Waals surface area contributed by atoms with E-state index in [4.69, 9.17) is 4.74 Å². The van der Waals surface area contributed by atoms with Crippen LogP contribution in [0.2, 0.25) is 0 Å². The largest absolute Gasteiger partial charge is 0.375 e. The second-order valence-electron chi connectivity index (χ2n) is 22.1. The number of hydrogen-bond donors (Lipinski definition) is 2. The molecular formula is C57H70F2N8O7. The normalized spacial score (nSPS) is 21.6. The molecule has 74 heavy (non-hydrogen) atoms. The molecule has 1 unspecified atom stereocenters. The quantitative estimate of drug-likeness (QED) is 0.153. The highest BCUT2D eigenvalue weighted by Gasteiger charge is 2.48. The number of carbonyl (C=O) groups is 5. The molecule has 3 aromatic carbocycles. The van der Waals surface area contributed by atoms with Gasteiger partial charge in [-0.15, -0.1) is 0 Å². The molecule has 17 heteroatoms. The molecule has 6 fully saturated rings. The molecule has 4 aliphatic heterocycles. The van der Waals surface area contributed by atoms with E-state index in [2.05, 4.69) is 20.4 Å². The number of piperazine rings is 1. The number of H-pyrrole nitrogens is 1. The number of likely N-dealkylation sites (tertiary alicyclic amines) is 3. The van der Waals surface area contributed by atoms with Crippen molar-refractivity contribution >= 4 is 40.3 Å². The van der Waals surface area contributed by atoms with Crippen LogP contribution in [0.25, 0.3) is 10.8 Å². The summed E-state index contributed by atoms with van der Waals surface area (Å²) < 4.78 is 38.1. The Morgan fingerprint density at radius 3 is 2.14 bits per heavy atom. The molecule has 4 aromatic rings. The zero-order valence-electron chi connectivity index (χ0n) is 42.6. The summed E-state index contributed by atoms with van der Waals surface area (Å²) in [5.41, 5.74) is 1.06. The highest BCUT2D eigenvalue weighted by molar-refractivity contribution is 5.98. The first-order valence-corrected chi connectivity index (χ1v) is 27.2. The number of benzene rings is 3. The number of hydrogen-bond acceptors (Lipinski definition) is 9. The van der Waals surface area contributed by atoms with Gasteiger partial charge in [0.15, 0.2) is 0 Å². The Bertz CT molecular complexity index is 2790. The smallest absolute Gasteiger partial charge is 0.272 e. The third-order valence-corrected chi connectivity index (χ3v) is 17.0. The van der Waals surface area contributed by atoms with Crippen LogP contribution in [0.3, 0.4) is 0 Å². The van der Waals surface area contributed by atoms with E-state index in [0.29, 0.717) is 99.2 Å².